The second kappa shape index (κ2) is 15.7. The van der Waals surface area contributed by atoms with Crippen molar-refractivity contribution in [1.29, 1.82) is 0 Å². The lowest BCUT2D eigenvalue weighted by atomic mass is 10.8. The molecule has 4 heteroatoms. The molecule has 0 aromatic carbocycles. The predicted molar refractivity (Wildman–Crippen MR) is 39.9 cm³/mol. The summed E-state index contributed by atoms with van der Waals surface area (Å²) in [7, 11) is 0. The molecule has 0 aliphatic heterocycles. The van der Waals surface area contributed by atoms with Crippen molar-refractivity contribution in [2.75, 3.05) is 0 Å². The molecular formula is C7H9NO3. The maximum absolute atomic E-state index is 8.81. The van der Waals surface area contributed by atoms with Gasteiger partial charge >= 0.3 is 0 Å². The molecule has 1 rings (SSSR count). The number of carbonyl (C=O) groups excluding carboxylic acids is 2. The van der Waals surface area contributed by atoms with Gasteiger partial charge in [0.05, 0.1) is 6.20 Å². The van der Waals surface area contributed by atoms with Gasteiger partial charge in [-0.15, -0.1) is 13.2 Å². The number of nitrogens with zero attached hydrogens (tertiary/aromatic N) is 1. The number of carbonyl (C=O) groups is 2. The fourth-order valence-corrected chi connectivity index (χ4v) is 0.176. The summed E-state index contributed by atoms with van der Waals surface area (Å²) >= 11 is 0. The summed E-state index contributed by atoms with van der Waals surface area (Å²) in [5.41, 5.74) is 0. The molecular weight excluding hydrogens is 146 g/mol. The number of hydrogen-bond donors (Lipinski definition) is 0. The monoisotopic (exact) mass is 155 g/mol. The van der Waals surface area contributed by atoms with Crippen LogP contribution in [0.15, 0.2) is 36.2 Å². The smallest absolute Gasteiger partial charge is 0.182 e. The molecule has 0 atom stereocenters. The highest BCUT2D eigenvalue weighted by Gasteiger charge is 1.60. The molecule has 0 amide bonds. The first-order chi connectivity index (χ1) is 5.41. The van der Waals surface area contributed by atoms with Crippen LogP contribution in [0.25, 0.3) is 0 Å². The summed E-state index contributed by atoms with van der Waals surface area (Å²) < 4.78 is 4.33. The molecule has 0 saturated heterocycles. The number of rotatable bonds is 1. The fraction of sp³-hybridized carbons (Fsp3) is 0. The van der Waals surface area contributed by atoms with Crippen molar-refractivity contribution in [3.8, 4) is 0 Å². The Kier molecular flexibility index (Phi) is 17.2. The largest absolute Gasteiger partial charge is 0.365 e. The molecule has 0 saturated carbocycles. The van der Waals surface area contributed by atoms with E-state index in [1.165, 1.54) is 6.26 Å². The Bertz CT molecular complexity index is 137. The van der Waals surface area contributed by atoms with E-state index in [1.807, 2.05) is 0 Å². The minimum atomic E-state index is 0.194. The average molecular weight is 155 g/mol. The van der Waals surface area contributed by atoms with Crippen LogP contribution in [0.1, 0.15) is 0 Å². The van der Waals surface area contributed by atoms with Crippen LogP contribution in [0.5, 0.6) is 0 Å². The summed E-state index contributed by atoms with van der Waals surface area (Å²) in [5.74, 6) is 0. The quantitative estimate of drug-likeness (QED) is 0.343. The minimum absolute atomic E-state index is 0.194. The first kappa shape index (κ1) is 12.0. The first-order valence-electron chi connectivity index (χ1n) is 2.65. The highest BCUT2D eigenvalue weighted by Crippen LogP contribution is 1.72. The van der Waals surface area contributed by atoms with Crippen molar-refractivity contribution in [3.63, 3.8) is 0 Å². The molecule has 0 spiro atoms. The van der Waals surface area contributed by atoms with E-state index in [9.17, 15) is 0 Å². The Morgan fingerprint density at radius 1 is 1.27 bits per heavy atom. The Labute approximate surface area is 64.5 Å². The standard InChI is InChI=1S/C3H3NO.C2H2O2.C2H4/c1-2-4-5-3-1;3-1-2-4;1-2/h1-3H;1-2H;1-2H2. The van der Waals surface area contributed by atoms with Crippen LogP contribution in [0, 0.1) is 0 Å². The molecule has 0 radical (unpaired) electrons. The van der Waals surface area contributed by atoms with Gasteiger partial charge in [0.15, 0.2) is 12.6 Å². The molecule has 1 aromatic rings. The lowest BCUT2D eigenvalue weighted by molar-refractivity contribution is -0.122. The summed E-state index contributed by atoms with van der Waals surface area (Å²) in [6.45, 7) is 6.00. The maximum Gasteiger partial charge on any atom is 0.182 e. The zero-order valence-corrected chi connectivity index (χ0v) is 5.97. The molecule has 11 heavy (non-hydrogen) atoms. The van der Waals surface area contributed by atoms with Gasteiger partial charge in [0.2, 0.25) is 0 Å². The predicted octanol–water partition coefficient (Wildman–Crippen LogP) is 0.861. The fourth-order valence-electron chi connectivity index (χ4n) is 0.176. The van der Waals surface area contributed by atoms with E-state index in [4.69, 9.17) is 9.59 Å². The van der Waals surface area contributed by atoms with Crippen LogP contribution >= 0.6 is 0 Å². The van der Waals surface area contributed by atoms with Gasteiger partial charge in [0, 0.05) is 0 Å². The molecule has 4 nitrogen and oxygen atoms in total. The highest BCUT2D eigenvalue weighted by molar-refractivity contribution is 6.09. The van der Waals surface area contributed by atoms with E-state index in [0.29, 0.717) is 0 Å². The number of hydrogen-bond acceptors (Lipinski definition) is 4. The molecule has 0 aliphatic carbocycles. The minimum Gasteiger partial charge on any atom is -0.365 e. The van der Waals surface area contributed by atoms with Crippen LogP contribution < -0.4 is 0 Å². The first-order valence-corrected chi connectivity index (χ1v) is 2.65. The molecule has 0 bridgehead atoms. The van der Waals surface area contributed by atoms with E-state index >= 15 is 0 Å². The van der Waals surface area contributed by atoms with E-state index in [1.54, 1.807) is 12.3 Å². The zero-order chi connectivity index (χ0) is 8.95. The Hall–Kier alpha value is -1.71. The van der Waals surface area contributed by atoms with Crippen molar-refractivity contribution >= 4 is 12.6 Å². The average Bonchev–Trinajstić information content (AvgIpc) is 2.65. The van der Waals surface area contributed by atoms with Gasteiger partial charge in [-0.25, -0.2) is 0 Å². The topological polar surface area (TPSA) is 60.2 Å². The summed E-state index contributed by atoms with van der Waals surface area (Å²) in [5, 5.41) is 3.35. The summed E-state index contributed by atoms with van der Waals surface area (Å²) in [4.78, 5) is 17.6. The van der Waals surface area contributed by atoms with Crippen LogP contribution in [-0.4, -0.2) is 17.7 Å². The molecule has 0 fully saturated rings. The van der Waals surface area contributed by atoms with Gasteiger partial charge in [-0.3, -0.25) is 9.59 Å². The molecule has 0 unspecified atom stereocenters. The van der Waals surface area contributed by atoms with Crippen LogP contribution in [0.2, 0.25) is 0 Å². The van der Waals surface area contributed by atoms with Gasteiger partial charge in [-0.2, -0.15) is 0 Å². The van der Waals surface area contributed by atoms with Crippen molar-refractivity contribution in [2.24, 2.45) is 0 Å². The third kappa shape index (κ3) is 17.8. The van der Waals surface area contributed by atoms with Crippen molar-refractivity contribution in [3.05, 3.63) is 31.7 Å². The Morgan fingerprint density at radius 3 is 1.91 bits per heavy atom. The molecule has 60 valence electrons. The summed E-state index contributed by atoms with van der Waals surface area (Å²) in [6.07, 6.45) is 3.49. The zero-order valence-electron chi connectivity index (χ0n) is 5.97. The van der Waals surface area contributed by atoms with Gasteiger partial charge in [0.1, 0.15) is 6.26 Å². The van der Waals surface area contributed by atoms with E-state index in [0.717, 1.165) is 0 Å². The molecule has 1 aromatic heterocycles. The van der Waals surface area contributed by atoms with Crippen LogP contribution in [0.3, 0.4) is 0 Å². The second-order valence-electron chi connectivity index (χ2n) is 0.961. The molecule has 0 N–H and O–H groups in total. The van der Waals surface area contributed by atoms with Crippen LogP contribution in [-0.2, 0) is 9.59 Å². The highest BCUT2D eigenvalue weighted by atomic mass is 16.5. The van der Waals surface area contributed by atoms with Gasteiger partial charge < -0.3 is 4.52 Å². The van der Waals surface area contributed by atoms with Gasteiger partial charge in [0.25, 0.3) is 0 Å². The maximum atomic E-state index is 8.81. The van der Waals surface area contributed by atoms with E-state index < -0.39 is 0 Å². The molecule has 1 heterocycles. The van der Waals surface area contributed by atoms with Gasteiger partial charge in [-0.1, -0.05) is 5.16 Å². The SMILES string of the molecule is C=C.O=CC=O.c1cnoc1. The lowest BCUT2D eigenvalue weighted by Crippen LogP contribution is -1.62. The summed E-state index contributed by atoms with van der Waals surface area (Å²) in [6, 6.07) is 1.72. The second-order valence-corrected chi connectivity index (χ2v) is 0.961. The van der Waals surface area contributed by atoms with E-state index in [-0.39, 0.29) is 12.6 Å². The van der Waals surface area contributed by atoms with E-state index in [2.05, 4.69) is 22.8 Å². The molecule has 0 aliphatic rings. The lowest BCUT2D eigenvalue weighted by Gasteiger charge is -1.48. The van der Waals surface area contributed by atoms with Crippen molar-refractivity contribution in [2.45, 2.75) is 0 Å². The normalized spacial score (nSPS) is 5.82. The van der Waals surface area contributed by atoms with Crippen molar-refractivity contribution in [1.82, 2.24) is 5.16 Å². The third-order valence-corrected chi connectivity index (χ3v) is 0.403. The van der Waals surface area contributed by atoms with Crippen LogP contribution in [0.4, 0.5) is 0 Å². The number of aldehydes is 2. The van der Waals surface area contributed by atoms with Crippen molar-refractivity contribution < 1.29 is 14.1 Å². The Balaban J connectivity index is 0. The Morgan fingerprint density at radius 2 is 1.82 bits per heavy atom. The number of aromatic nitrogens is 1. The third-order valence-electron chi connectivity index (χ3n) is 0.403. The van der Waals surface area contributed by atoms with Gasteiger partial charge in [-0.05, 0) is 6.07 Å².